The second-order valence-corrected chi connectivity index (χ2v) is 6.34. The van der Waals surface area contributed by atoms with Gasteiger partial charge in [0.05, 0.1) is 7.11 Å². The fraction of sp³-hybridized carbons (Fsp3) is 0.421. The van der Waals surface area contributed by atoms with Gasteiger partial charge in [-0.3, -0.25) is 4.79 Å². The van der Waals surface area contributed by atoms with Crippen LogP contribution in [0.25, 0.3) is 0 Å². The lowest BCUT2D eigenvalue weighted by atomic mass is 10.2. The van der Waals surface area contributed by atoms with E-state index in [1.165, 1.54) is 12.8 Å². The van der Waals surface area contributed by atoms with Crippen LogP contribution in [0.2, 0.25) is 0 Å². The zero-order valence-electron chi connectivity index (χ0n) is 14.7. The molecule has 0 radical (unpaired) electrons. The summed E-state index contributed by atoms with van der Waals surface area (Å²) in [5, 5.41) is 6.32. The van der Waals surface area contributed by atoms with E-state index in [1.807, 2.05) is 24.3 Å². The van der Waals surface area contributed by atoms with Gasteiger partial charge >= 0.3 is 0 Å². The maximum atomic E-state index is 12.4. The zero-order chi connectivity index (χ0) is 17.6. The molecule has 1 saturated carbocycles. The molecule has 3 rings (SSSR count). The van der Waals surface area contributed by atoms with Gasteiger partial charge in [-0.25, -0.2) is 9.97 Å². The van der Waals surface area contributed by atoms with Crippen LogP contribution in [0.4, 0.5) is 5.82 Å². The van der Waals surface area contributed by atoms with Crippen molar-refractivity contribution in [3.05, 3.63) is 47.4 Å². The molecule has 0 unspecified atom stereocenters. The average molecular weight is 340 g/mol. The zero-order valence-corrected chi connectivity index (χ0v) is 14.7. The monoisotopic (exact) mass is 340 g/mol. The maximum Gasteiger partial charge on any atom is 0.270 e. The molecular weight excluding hydrogens is 316 g/mol. The molecule has 1 amide bonds. The van der Waals surface area contributed by atoms with Gasteiger partial charge in [-0.05, 0) is 37.5 Å². The van der Waals surface area contributed by atoms with Crippen LogP contribution >= 0.6 is 0 Å². The van der Waals surface area contributed by atoms with Gasteiger partial charge in [0.1, 0.15) is 23.1 Å². The minimum Gasteiger partial charge on any atom is -0.497 e. The number of benzene rings is 1. The molecule has 0 aliphatic heterocycles. The highest BCUT2D eigenvalue weighted by atomic mass is 16.5. The highest BCUT2D eigenvalue weighted by molar-refractivity contribution is 5.92. The van der Waals surface area contributed by atoms with Crippen LogP contribution in [0.15, 0.2) is 30.3 Å². The molecule has 0 atom stereocenters. The molecule has 0 bridgehead atoms. The molecule has 25 heavy (non-hydrogen) atoms. The van der Waals surface area contributed by atoms with Crippen molar-refractivity contribution in [2.45, 2.75) is 45.2 Å². The summed E-state index contributed by atoms with van der Waals surface area (Å²) < 4.78 is 5.13. The summed E-state index contributed by atoms with van der Waals surface area (Å²) >= 11 is 0. The fourth-order valence-corrected chi connectivity index (χ4v) is 3.05. The van der Waals surface area contributed by atoms with Crippen molar-refractivity contribution < 1.29 is 9.53 Å². The third kappa shape index (κ3) is 4.68. The number of anilines is 1. The van der Waals surface area contributed by atoms with Crippen molar-refractivity contribution in [2.24, 2.45) is 0 Å². The van der Waals surface area contributed by atoms with E-state index < -0.39 is 0 Å². The van der Waals surface area contributed by atoms with Gasteiger partial charge in [-0.1, -0.05) is 25.0 Å². The Balaban J connectivity index is 1.63. The Hall–Kier alpha value is -2.63. The highest BCUT2D eigenvalue weighted by Crippen LogP contribution is 2.21. The Bertz CT molecular complexity index is 725. The van der Waals surface area contributed by atoms with Crippen LogP contribution in [0.3, 0.4) is 0 Å². The van der Waals surface area contributed by atoms with Gasteiger partial charge in [0, 0.05) is 18.7 Å². The molecule has 1 fully saturated rings. The summed E-state index contributed by atoms with van der Waals surface area (Å²) in [6.07, 6.45) is 4.80. The molecule has 2 N–H and O–H groups in total. The number of rotatable bonds is 6. The van der Waals surface area contributed by atoms with Crippen molar-refractivity contribution in [3.8, 4) is 5.75 Å². The van der Waals surface area contributed by atoms with E-state index in [-0.39, 0.29) is 5.91 Å². The van der Waals surface area contributed by atoms with E-state index in [0.717, 1.165) is 30.0 Å². The van der Waals surface area contributed by atoms with Crippen LogP contribution in [0, 0.1) is 6.92 Å². The number of carbonyl (C=O) groups excluding carboxylic acids is 1. The topological polar surface area (TPSA) is 76.1 Å². The number of nitrogens with one attached hydrogen (secondary N) is 2. The van der Waals surface area contributed by atoms with Gasteiger partial charge < -0.3 is 15.4 Å². The van der Waals surface area contributed by atoms with Crippen LogP contribution in [-0.4, -0.2) is 29.0 Å². The lowest BCUT2D eigenvalue weighted by Gasteiger charge is -2.14. The Morgan fingerprint density at radius 3 is 2.60 bits per heavy atom. The first kappa shape index (κ1) is 17.2. The normalized spacial score (nSPS) is 14.3. The average Bonchev–Trinajstić information content (AvgIpc) is 3.12. The Morgan fingerprint density at radius 2 is 1.92 bits per heavy atom. The highest BCUT2D eigenvalue weighted by Gasteiger charge is 2.17. The van der Waals surface area contributed by atoms with Crippen LogP contribution < -0.4 is 15.4 Å². The molecule has 1 aliphatic carbocycles. The molecule has 1 aliphatic rings. The summed E-state index contributed by atoms with van der Waals surface area (Å²) in [5.41, 5.74) is 1.39. The number of ether oxygens (including phenoxy) is 1. The molecule has 132 valence electrons. The molecule has 2 aromatic rings. The minimum atomic E-state index is -0.198. The Labute approximate surface area is 148 Å². The molecule has 1 heterocycles. The number of aromatic nitrogens is 2. The van der Waals surface area contributed by atoms with E-state index in [4.69, 9.17) is 4.74 Å². The summed E-state index contributed by atoms with van der Waals surface area (Å²) in [6.45, 7) is 2.25. The number of aryl methyl sites for hydroxylation is 1. The fourth-order valence-electron chi connectivity index (χ4n) is 3.05. The molecule has 1 aromatic heterocycles. The summed E-state index contributed by atoms with van der Waals surface area (Å²) in [6, 6.07) is 9.79. The van der Waals surface area contributed by atoms with Gasteiger partial charge in [-0.2, -0.15) is 0 Å². The third-order valence-corrected chi connectivity index (χ3v) is 4.39. The van der Waals surface area contributed by atoms with Gasteiger partial charge in [0.15, 0.2) is 0 Å². The van der Waals surface area contributed by atoms with E-state index in [9.17, 15) is 4.79 Å². The minimum absolute atomic E-state index is 0.198. The third-order valence-electron chi connectivity index (χ3n) is 4.39. The van der Waals surface area contributed by atoms with E-state index in [0.29, 0.717) is 24.1 Å². The van der Waals surface area contributed by atoms with Crippen molar-refractivity contribution in [2.75, 3.05) is 12.4 Å². The number of nitrogens with zero attached hydrogens (tertiary/aromatic N) is 2. The largest absolute Gasteiger partial charge is 0.497 e. The van der Waals surface area contributed by atoms with Crippen LogP contribution in [0.5, 0.6) is 5.75 Å². The first-order valence-corrected chi connectivity index (χ1v) is 8.67. The number of carbonyl (C=O) groups is 1. The summed E-state index contributed by atoms with van der Waals surface area (Å²) in [4.78, 5) is 21.1. The van der Waals surface area contributed by atoms with E-state index in [2.05, 4.69) is 20.6 Å². The maximum absolute atomic E-state index is 12.4. The second kappa shape index (κ2) is 7.96. The van der Waals surface area contributed by atoms with Crippen LogP contribution in [-0.2, 0) is 6.54 Å². The number of hydrogen-bond acceptors (Lipinski definition) is 5. The van der Waals surface area contributed by atoms with Gasteiger partial charge in [0.2, 0.25) is 0 Å². The predicted molar refractivity (Wildman–Crippen MR) is 96.8 cm³/mol. The van der Waals surface area contributed by atoms with Crippen molar-refractivity contribution in [1.29, 1.82) is 0 Å². The first-order chi connectivity index (χ1) is 12.1. The number of hydrogen-bond donors (Lipinski definition) is 2. The number of amides is 1. The van der Waals surface area contributed by atoms with Crippen molar-refractivity contribution in [1.82, 2.24) is 15.3 Å². The molecular formula is C19H24N4O2. The Kier molecular flexibility index (Phi) is 5.48. The molecule has 1 aromatic carbocycles. The first-order valence-electron chi connectivity index (χ1n) is 8.67. The van der Waals surface area contributed by atoms with Crippen molar-refractivity contribution >= 4 is 11.7 Å². The van der Waals surface area contributed by atoms with Gasteiger partial charge in [-0.15, -0.1) is 0 Å². The SMILES string of the molecule is COc1ccc(CNC(=O)c2cc(NC3CCCC3)nc(C)n2)cc1. The summed E-state index contributed by atoms with van der Waals surface area (Å²) in [7, 11) is 1.63. The second-order valence-electron chi connectivity index (χ2n) is 6.34. The lowest BCUT2D eigenvalue weighted by Crippen LogP contribution is -2.25. The quantitative estimate of drug-likeness (QED) is 0.845. The Morgan fingerprint density at radius 1 is 1.20 bits per heavy atom. The van der Waals surface area contributed by atoms with E-state index >= 15 is 0 Å². The standard InChI is InChI=1S/C19H24N4O2/c1-13-21-17(11-18(22-13)23-15-5-3-4-6-15)19(24)20-12-14-7-9-16(25-2)10-8-14/h7-11,15H,3-6,12H2,1-2H3,(H,20,24)(H,21,22,23). The number of methoxy groups -OCH3 is 1. The molecule has 0 saturated heterocycles. The molecule has 6 nitrogen and oxygen atoms in total. The van der Waals surface area contributed by atoms with Crippen LogP contribution in [0.1, 0.15) is 47.6 Å². The van der Waals surface area contributed by atoms with E-state index in [1.54, 1.807) is 20.1 Å². The smallest absolute Gasteiger partial charge is 0.270 e. The predicted octanol–water partition coefficient (Wildman–Crippen LogP) is 3.08. The van der Waals surface area contributed by atoms with Gasteiger partial charge in [0.25, 0.3) is 5.91 Å². The molecule has 0 spiro atoms. The lowest BCUT2D eigenvalue weighted by molar-refractivity contribution is 0.0945. The van der Waals surface area contributed by atoms with Crippen molar-refractivity contribution in [3.63, 3.8) is 0 Å². The summed E-state index contributed by atoms with van der Waals surface area (Å²) in [5.74, 6) is 1.92. The molecule has 6 heteroatoms.